The first-order chi connectivity index (χ1) is 13.0. The number of aryl methyl sites for hydroxylation is 1. The Kier molecular flexibility index (Phi) is 7.55. The minimum absolute atomic E-state index is 0.0198. The number of aliphatic carboxylic acids is 1. The third kappa shape index (κ3) is 6.58. The number of hydrogen-bond donors (Lipinski definition) is 3. The van der Waals surface area contributed by atoms with Crippen LogP contribution in [0, 0.1) is 0 Å². The normalized spacial score (nSPS) is 11.4. The van der Waals surface area contributed by atoms with Crippen molar-refractivity contribution in [2.24, 2.45) is 0 Å². The molecule has 142 valence electrons. The summed E-state index contributed by atoms with van der Waals surface area (Å²) in [5.41, 5.74) is 2.33. The van der Waals surface area contributed by atoms with Gasteiger partial charge in [-0.3, -0.25) is 14.4 Å². The third-order valence-electron chi connectivity index (χ3n) is 4.24. The Morgan fingerprint density at radius 3 is 2.41 bits per heavy atom. The van der Waals surface area contributed by atoms with E-state index in [1.54, 1.807) is 25.2 Å². The summed E-state index contributed by atoms with van der Waals surface area (Å²) in [5.74, 6) is -1.21. The summed E-state index contributed by atoms with van der Waals surface area (Å²) >= 11 is 0. The molecular formula is C21H24N2O4. The molecule has 0 radical (unpaired) electrons. The van der Waals surface area contributed by atoms with Gasteiger partial charge in [0.05, 0.1) is 6.04 Å². The number of carboxylic acids is 1. The van der Waals surface area contributed by atoms with E-state index in [9.17, 15) is 14.4 Å². The molecule has 6 nitrogen and oxygen atoms in total. The Morgan fingerprint density at radius 1 is 1.00 bits per heavy atom. The molecule has 0 fully saturated rings. The molecule has 0 aromatic heterocycles. The van der Waals surface area contributed by atoms with Crippen LogP contribution in [-0.4, -0.2) is 29.9 Å². The molecule has 2 rings (SSSR count). The summed E-state index contributed by atoms with van der Waals surface area (Å²) in [7, 11) is 1.57. The van der Waals surface area contributed by atoms with Crippen LogP contribution >= 0.6 is 0 Å². The molecule has 2 aromatic carbocycles. The molecule has 0 bridgehead atoms. The van der Waals surface area contributed by atoms with E-state index in [1.165, 1.54) is 0 Å². The van der Waals surface area contributed by atoms with Gasteiger partial charge < -0.3 is 15.7 Å². The van der Waals surface area contributed by atoms with E-state index in [0.717, 1.165) is 11.1 Å². The molecule has 27 heavy (non-hydrogen) atoms. The van der Waals surface area contributed by atoms with E-state index in [1.807, 2.05) is 36.4 Å². The van der Waals surface area contributed by atoms with Crippen LogP contribution in [0.4, 0.5) is 0 Å². The van der Waals surface area contributed by atoms with Crippen molar-refractivity contribution in [3.05, 3.63) is 71.3 Å². The maximum Gasteiger partial charge on any atom is 0.303 e. The number of carbonyl (C=O) groups excluding carboxylic acids is 2. The van der Waals surface area contributed by atoms with E-state index in [0.29, 0.717) is 18.4 Å². The number of carboxylic acid groups (broad SMARTS) is 1. The van der Waals surface area contributed by atoms with Crippen molar-refractivity contribution >= 4 is 17.8 Å². The monoisotopic (exact) mass is 368 g/mol. The summed E-state index contributed by atoms with van der Waals surface area (Å²) in [5, 5.41) is 14.4. The molecule has 0 saturated carbocycles. The van der Waals surface area contributed by atoms with Gasteiger partial charge in [0.25, 0.3) is 5.91 Å². The smallest absolute Gasteiger partial charge is 0.303 e. The molecular weight excluding hydrogens is 344 g/mol. The highest BCUT2D eigenvalue weighted by atomic mass is 16.4. The highest BCUT2D eigenvalue weighted by molar-refractivity contribution is 5.94. The molecule has 0 aliphatic heterocycles. The second-order valence-electron chi connectivity index (χ2n) is 6.24. The Bertz CT molecular complexity index is 790. The fourth-order valence-corrected chi connectivity index (χ4v) is 2.81. The van der Waals surface area contributed by atoms with E-state index >= 15 is 0 Å². The van der Waals surface area contributed by atoms with E-state index in [2.05, 4.69) is 10.6 Å². The number of amides is 2. The van der Waals surface area contributed by atoms with Gasteiger partial charge in [0, 0.05) is 25.5 Å². The van der Waals surface area contributed by atoms with Gasteiger partial charge in [-0.1, -0.05) is 42.5 Å². The second-order valence-corrected chi connectivity index (χ2v) is 6.24. The van der Waals surface area contributed by atoms with Gasteiger partial charge in [-0.15, -0.1) is 0 Å². The highest BCUT2D eigenvalue weighted by Gasteiger charge is 2.16. The molecule has 0 aliphatic carbocycles. The van der Waals surface area contributed by atoms with Crippen molar-refractivity contribution < 1.29 is 19.5 Å². The summed E-state index contributed by atoms with van der Waals surface area (Å²) in [6.45, 7) is 0. The molecule has 3 N–H and O–H groups in total. The molecule has 1 unspecified atom stereocenters. The van der Waals surface area contributed by atoms with Gasteiger partial charge in [-0.05, 0) is 36.1 Å². The number of benzene rings is 2. The summed E-state index contributed by atoms with van der Waals surface area (Å²) < 4.78 is 0. The van der Waals surface area contributed by atoms with Crippen molar-refractivity contribution in [1.29, 1.82) is 0 Å². The molecule has 6 heteroatoms. The predicted octanol–water partition coefficient (Wildman–Crippen LogP) is 2.70. The van der Waals surface area contributed by atoms with Crippen LogP contribution in [0.3, 0.4) is 0 Å². The molecule has 2 aromatic rings. The first-order valence-corrected chi connectivity index (χ1v) is 8.86. The van der Waals surface area contributed by atoms with Crippen LogP contribution in [0.1, 0.15) is 46.8 Å². The van der Waals surface area contributed by atoms with Crippen LogP contribution in [-0.2, 0) is 16.0 Å². The minimum atomic E-state index is -0.892. The lowest BCUT2D eigenvalue weighted by Gasteiger charge is -2.18. The van der Waals surface area contributed by atoms with Crippen LogP contribution in [0.15, 0.2) is 54.6 Å². The number of nitrogens with one attached hydrogen (secondary N) is 2. The lowest BCUT2D eigenvalue weighted by atomic mass is 10.0. The van der Waals surface area contributed by atoms with Crippen LogP contribution in [0.25, 0.3) is 0 Å². The van der Waals surface area contributed by atoms with Gasteiger partial charge in [0.15, 0.2) is 0 Å². The van der Waals surface area contributed by atoms with Crippen LogP contribution < -0.4 is 10.6 Å². The van der Waals surface area contributed by atoms with Crippen LogP contribution in [0.5, 0.6) is 0 Å². The molecule has 2 amide bonds. The molecule has 0 aliphatic rings. The van der Waals surface area contributed by atoms with Gasteiger partial charge in [0.2, 0.25) is 5.91 Å². The zero-order valence-electron chi connectivity index (χ0n) is 15.3. The topological polar surface area (TPSA) is 95.5 Å². The Hall–Kier alpha value is -3.15. The highest BCUT2D eigenvalue weighted by Crippen LogP contribution is 2.19. The Morgan fingerprint density at radius 2 is 1.74 bits per heavy atom. The maximum absolute atomic E-state index is 12.4. The van der Waals surface area contributed by atoms with Crippen molar-refractivity contribution in [3.8, 4) is 0 Å². The molecule has 0 saturated heterocycles. The average Bonchev–Trinajstić information content (AvgIpc) is 2.69. The number of hydrogen-bond acceptors (Lipinski definition) is 3. The zero-order valence-corrected chi connectivity index (χ0v) is 15.3. The zero-order chi connectivity index (χ0) is 19.6. The standard InChI is InChI=1S/C21H24N2O4/c1-22-21(27)17-9-5-6-15(14-17)10-12-19(24)23-18(11-13-20(25)26)16-7-3-2-4-8-16/h2-9,14,18H,10-13H2,1H3,(H,22,27)(H,23,24)(H,25,26). The largest absolute Gasteiger partial charge is 0.481 e. The number of carbonyl (C=O) groups is 3. The average molecular weight is 368 g/mol. The predicted molar refractivity (Wildman–Crippen MR) is 102 cm³/mol. The van der Waals surface area contributed by atoms with Crippen molar-refractivity contribution in [3.63, 3.8) is 0 Å². The molecule has 0 heterocycles. The van der Waals surface area contributed by atoms with Crippen molar-refractivity contribution in [1.82, 2.24) is 10.6 Å². The number of rotatable bonds is 9. The fourth-order valence-electron chi connectivity index (χ4n) is 2.81. The molecule has 1 atom stereocenters. The lowest BCUT2D eigenvalue weighted by Crippen LogP contribution is -2.29. The quantitative estimate of drug-likeness (QED) is 0.634. The SMILES string of the molecule is CNC(=O)c1cccc(CCC(=O)NC(CCC(=O)O)c2ccccc2)c1. The minimum Gasteiger partial charge on any atom is -0.481 e. The van der Waals surface area contributed by atoms with E-state index in [4.69, 9.17) is 5.11 Å². The maximum atomic E-state index is 12.4. The van der Waals surface area contributed by atoms with E-state index < -0.39 is 5.97 Å². The fraction of sp³-hybridized carbons (Fsp3) is 0.286. The van der Waals surface area contributed by atoms with Crippen molar-refractivity contribution in [2.75, 3.05) is 7.05 Å². The van der Waals surface area contributed by atoms with Gasteiger partial charge >= 0.3 is 5.97 Å². The Labute approximate surface area is 158 Å². The van der Waals surface area contributed by atoms with Crippen molar-refractivity contribution in [2.45, 2.75) is 31.7 Å². The van der Waals surface area contributed by atoms with Gasteiger partial charge in [0.1, 0.15) is 0 Å². The summed E-state index contributed by atoms with van der Waals surface area (Å²) in [4.78, 5) is 35.0. The van der Waals surface area contributed by atoms with Gasteiger partial charge in [-0.2, -0.15) is 0 Å². The first-order valence-electron chi connectivity index (χ1n) is 8.86. The summed E-state index contributed by atoms with van der Waals surface area (Å²) in [6, 6.07) is 16.2. The third-order valence-corrected chi connectivity index (χ3v) is 4.24. The van der Waals surface area contributed by atoms with Gasteiger partial charge in [-0.25, -0.2) is 0 Å². The lowest BCUT2D eigenvalue weighted by molar-refractivity contribution is -0.137. The Balaban J connectivity index is 1.97. The summed E-state index contributed by atoms with van der Waals surface area (Å²) in [6.07, 6.45) is 1.07. The van der Waals surface area contributed by atoms with Crippen LogP contribution in [0.2, 0.25) is 0 Å². The van der Waals surface area contributed by atoms with E-state index in [-0.39, 0.29) is 30.7 Å². The molecule has 0 spiro atoms. The second kappa shape index (κ2) is 10.1. The first kappa shape index (κ1) is 20.2.